The first-order valence-corrected chi connectivity index (χ1v) is 11.4. The van der Waals surface area contributed by atoms with E-state index in [1.165, 1.54) is 28.7 Å². The summed E-state index contributed by atoms with van der Waals surface area (Å²) in [7, 11) is 0. The smallest absolute Gasteiger partial charge is 0.183 e. The number of rotatable bonds is 3. The lowest BCUT2D eigenvalue weighted by Crippen LogP contribution is -2.35. The molecule has 0 spiro atoms. The Morgan fingerprint density at radius 2 is 1.90 bits per heavy atom. The Hall–Kier alpha value is -2.94. The van der Waals surface area contributed by atoms with E-state index >= 15 is 0 Å². The number of hydrogen-bond donors (Lipinski definition) is 0. The second-order valence-electron chi connectivity index (χ2n) is 7.95. The van der Waals surface area contributed by atoms with Gasteiger partial charge in [0.1, 0.15) is 16.3 Å². The highest BCUT2D eigenvalue weighted by atomic mass is 32.1. The number of hydrogen-bond acceptors (Lipinski definition) is 8. The molecule has 1 aliphatic carbocycles. The van der Waals surface area contributed by atoms with Gasteiger partial charge in [-0.05, 0) is 44.1 Å². The van der Waals surface area contributed by atoms with Gasteiger partial charge in [0.05, 0.1) is 23.8 Å². The average molecular weight is 419 g/mol. The summed E-state index contributed by atoms with van der Waals surface area (Å²) in [6.45, 7) is 1.89. The van der Waals surface area contributed by atoms with Crippen LogP contribution in [0.2, 0.25) is 0 Å². The fourth-order valence-electron chi connectivity index (χ4n) is 4.65. The molecule has 2 aliphatic rings. The molecule has 4 aromatic heterocycles. The molecular weight excluding hydrogens is 396 g/mol. The summed E-state index contributed by atoms with van der Waals surface area (Å²) in [5.41, 5.74) is 2.20. The van der Waals surface area contributed by atoms with Gasteiger partial charge in [0.15, 0.2) is 5.82 Å². The molecular formula is C21H22N8S. The van der Waals surface area contributed by atoms with E-state index < -0.39 is 0 Å². The Labute approximate surface area is 178 Å². The molecule has 6 rings (SSSR count). The van der Waals surface area contributed by atoms with Gasteiger partial charge in [-0.25, -0.2) is 19.6 Å². The van der Waals surface area contributed by atoms with Gasteiger partial charge < -0.3 is 4.90 Å². The van der Waals surface area contributed by atoms with Gasteiger partial charge >= 0.3 is 0 Å². The first kappa shape index (κ1) is 17.9. The lowest BCUT2D eigenvalue weighted by molar-refractivity contribution is 0.359. The van der Waals surface area contributed by atoms with E-state index in [1.807, 2.05) is 22.2 Å². The number of fused-ring (bicyclic) bond motifs is 3. The average Bonchev–Trinajstić information content (AvgIpc) is 3.47. The fourth-order valence-corrected chi connectivity index (χ4v) is 5.91. The van der Waals surface area contributed by atoms with E-state index in [9.17, 15) is 0 Å². The van der Waals surface area contributed by atoms with Crippen LogP contribution in [0.5, 0.6) is 0 Å². The van der Waals surface area contributed by atoms with Crippen LogP contribution in [0, 0.1) is 0 Å². The number of aryl methyl sites for hydroxylation is 2. The predicted octanol–water partition coefficient (Wildman–Crippen LogP) is 3.46. The van der Waals surface area contributed by atoms with Crippen molar-refractivity contribution < 1.29 is 0 Å². The molecule has 152 valence electrons. The van der Waals surface area contributed by atoms with Gasteiger partial charge in [-0.2, -0.15) is 0 Å². The number of nitrogens with zero attached hydrogens (tertiary/aromatic N) is 8. The standard InChI is InChI=1S/C21H22N8S/c1-2-4-17-15(3-1)18-20(28-10-5-14(6-11-28)29-12-9-24-27-29)25-19(26-21(18)30-17)16-13-22-7-8-23-16/h7-9,12-14H,1-6,10-11H2. The van der Waals surface area contributed by atoms with E-state index in [-0.39, 0.29) is 0 Å². The van der Waals surface area contributed by atoms with E-state index in [4.69, 9.17) is 9.97 Å². The third-order valence-corrected chi connectivity index (χ3v) is 7.35. The molecule has 0 bridgehead atoms. The molecule has 0 aromatic carbocycles. The third-order valence-electron chi connectivity index (χ3n) is 6.17. The molecule has 8 nitrogen and oxygen atoms in total. The highest BCUT2D eigenvalue weighted by Gasteiger charge is 2.28. The summed E-state index contributed by atoms with van der Waals surface area (Å²) < 4.78 is 1.99. The van der Waals surface area contributed by atoms with Gasteiger partial charge in [-0.15, -0.1) is 16.4 Å². The maximum atomic E-state index is 5.05. The van der Waals surface area contributed by atoms with Crippen molar-refractivity contribution in [2.75, 3.05) is 18.0 Å². The predicted molar refractivity (Wildman–Crippen MR) is 116 cm³/mol. The molecule has 30 heavy (non-hydrogen) atoms. The Kier molecular flexibility index (Phi) is 4.40. The molecule has 4 aromatic rings. The van der Waals surface area contributed by atoms with Crippen LogP contribution in [0.25, 0.3) is 21.7 Å². The highest BCUT2D eigenvalue weighted by Crippen LogP contribution is 2.41. The van der Waals surface area contributed by atoms with Crippen molar-refractivity contribution in [1.82, 2.24) is 34.9 Å². The zero-order valence-electron chi connectivity index (χ0n) is 16.6. The van der Waals surface area contributed by atoms with Crippen molar-refractivity contribution in [3.8, 4) is 11.5 Å². The van der Waals surface area contributed by atoms with Crippen molar-refractivity contribution in [2.45, 2.75) is 44.6 Å². The molecule has 0 radical (unpaired) electrons. The monoisotopic (exact) mass is 418 g/mol. The summed E-state index contributed by atoms with van der Waals surface area (Å²) in [5, 5.41) is 9.43. The second-order valence-corrected chi connectivity index (χ2v) is 9.04. The van der Waals surface area contributed by atoms with Crippen LogP contribution in [0.15, 0.2) is 31.0 Å². The lowest BCUT2D eigenvalue weighted by Gasteiger charge is -2.33. The number of aromatic nitrogens is 7. The van der Waals surface area contributed by atoms with Crippen LogP contribution in [0.3, 0.4) is 0 Å². The largest absolute Gasteiger partial charge is 0.356 e. The van der Waals surface area contributed by atoms with E-state index in [2.05, 4.69) is 25.2 Å². The fraction of sp³-hybridized carbons (Fsp3) is 0.429. The van der Waals surface area contributed by atoms with Crippen LogP contribution in [-0.4, -0.2) is 48.0 Å². The van der Waals surface area contributed by atoms with Gasteiger partial charge in [0.2, 0.25) is 0 Å². The van der Waals surface area contributed by atoms with E-state index in [1.54, 1.807) is 24.8 Å². The van der Waals surface area contributed by atoms with Crippen molar-refractivity contribution in [3.63, 3.8) is 0 Å². The van der Waals surface area contributed by atoms with E-state index in [0.717, 1.165) is 55.1 Å². The zero-order valence-corrected chi connectivity index (χ0v) is 17.4. The molecule has 1 fully saturated rings. The Bertz CT molecular complexity index is 1160. The first-order chi connectivity index (χ1) is 14.9. The summed E-state index contributed by atoms with van der Waals surface area (Å²) in [4.78, 5) is 23.6. The summed E-state index contributed by atoms with van der Waals surface area (Å²) in [6.07, 6.45) is 15.7. The van der Waals surface area contributed by atoms with Crippen LogP contribution < -0.4 is 4.90 Å². The summed E-state index contributed by atoms with van der Waals surface area (Å²) >= 11 is 1.84. The molecule has 0 atom stereocenters. The number of thiophene rings is 1. The maximum absolute atomic E-state index is 5.05. The second kappa shape index (κ2) is 7.39. The summed E-state index contributed by atoms with van der Waals surface area (Å²) in [5.74, 6) is 1.74. The van der Waals surface area contributed by atoms with Crippen LogP contribution in [0.1, 0.15) is 42.2 Å². The zero-order chi connectivity index (χ0) is 19.9. The topological polar surface area (TPSA) is 85.5 Å². The molecule has 0 N–H and O–H groups in total. The molecule has 0 amide bonds. The molecule has 1 saturated heterocycles. The minimum absolute atomic E-state index is 0.400. The van der Waals surface area contributed by atoms with Gasteiger partial charge in [-0.3, -0.25) is 4.98 Å². The van der Waals surface area contributed by atoms with E-state index in [0.29, 0.717) is 11.9 Å². The van der Waals surface area contributed by atoms with Crippen molar-refractivity contribution in [3.05, 3.63) is 41.4 Å². The highest BCUT2D eigenvalue weighted by molar-refractivity contribution is 7.19. The quantitative estimate of drug-likeness (QED) is 0.504. The summed E-state index contributed by atoms with van der Waals surface area (Å²) in [6, 6.07) is 0.400. The number of piperidine rings is 1. The maximum Gasteiger partial charge on any atom is 0.183 e. The van der Waals surface area contributed by atoms with Crippen LogP contribution in [-0.2, 0) is 12.8 Å². The Morgan fingerprint density at radius 3 is 2.70 bits per heavy atom. The van der Waals surface area contributed by atoms with Crippen molar-refractivity contribution in [1.29, 1.82) is 0 Å². The molecule has 1 aliphatic heterocycles. The Morgan fingerprint density at radius 1 is 1.00 bits per heavy atom. The van der Waals surface area contributed by atoms with Crippen LogP contribution >= 0.6 is 11.3 Å². The first-order valence-electron chi connectivity index (χ1n) is 10.6. The van der Waals surface area contributed by atoms with Gasteiger partial charge in [0.25, 0.3) is 0 Å². The SMILES string of the molecule is c1cnc(-c2nc(N3CCC(n4ccnn4)CC3)c3c4c(sc3n2)CCCC4)cn1. The minimum atomic E-state index is 0.400. The van der Waals surface area contributed by atoms with Gasteiger partial charge in [0, 0.05) is 36.6 Å². The molecule has 9 heteroatoms. The molecule has 5 heterocycles. The molecule has 0 saturated carbocycles. The Balaban J connectivity index is 1.42. The van der Waals surface area contributed by atoms with Crippen molar-refractivity contribution >= 4 is 27.4 Å². The lowest BCUT2D eigenvalue weighted by atomic mass is 9.96. The van der Waals surface area contributed by atoms with Crippen molar-refractivity contribution in [2.24, 2.45) is 0 Å². The van der Waals surface area contributed by atoms with Gasteiger partial charge in [-0.1, -0.05) is 5.21 Å². The molecule has 0 unspecified atom stereocenters. The minimum Gasteiger partial charge on any atom is -0.356 e. The number of anilines is 1. The normalized spacial score (nSPS) is 17.4. The third kappa shape index (κ3) is 3.04. The van der Waals surface area contributed by atoms with Crippen LogP contribution in [0.4, 0.5) is 5.82 Å².